The van der Waals surface area contributed by atoms with Gasteiger partial charge in [0, 0.05) is 9.37 Å². The number of rotatable bonds is 8. The molecule has 0 radical (unpaired) electrons. The lowest BCUT2D eigenvalue weighted by atomic mass is 10.00. The Kier molecular flexibility index (Phi) is 7.54. The average molecular weight is 423 g/mol. The Labute approximate surface area is 161 Å². The molecule has 0 saturated heterocycles. The van der Waals surface area contributed by atoms with Gasteiger partial charge in [-0.25, -0.2) is 4.79 Å². The number of ether oxygens (including phenoxy) is 1. The zero-order valence-electron chi connectivity index (χ0n) is 14.6. The number of thioether (sulfide) groups is 1. The van der Waals surface area contributed by atoms with Crippen molar-refractivity contribution in [3.63, 3.8) is 0 Å². The first-order valence-electron chi connectivity index (χ1n) is 8.18. The molecule has 3 nitrogen and oxygen atoms in total. The van der Waals surface area contributed by atoms with Gasteiger partial charge in [-0.1, -0.05) is 54.0 Å². The predicted molar refractivity (Wildman–Crippen MR) is 106 cm³/mol. The molecular weight excluding hydrogens is 400 g/mol. The minimum absolute atomic E-state index is 0.241. The van der Waals surface area contributed by atoms with Crippen LogP contribution in [0.25, 0.3) is 0 Å². The molecule has 2 rings (SSSR count). The van der Waals surface area contributed by atoms with Crippen LogP contribution < -0.4 is 0 Å². The van der Waals surface area contributed by atoms with Crippen LogP contribution in [0.15, 0.2) is 57.9 Å². The zero-order valence-corrected chi connectivity index (χ0v) is 17.0. The summed E-state index contributed by atoms with van der Waals surface area (Å²) in [6, 6.07) is 15.9. The van der Waals surface area contributed by atoms with E-state index in [4.69, 9.17) is 4.74 Å². The molecule has 1 unspecified atom stereocenters. The van der Waals surface area contributed by atoms with Gasteiger partial charge in [-0.15, -0.1) is 11.8 Å². The minimum Gasteiger partial charge on any atom is -0.479 e. The first-order valence-corrected chi connectivity index (χ1v) is 10.2. The van der Waals surface area contributed by atoms with Crippen LogP contribution in [-0.4, -0.2) is 23.4 Å². The van der Waals surface area contributed by atoms with Crippen LogP contribution in [0, 0.1) is 5.92 Å². The van der Waals surface area contributed by atoms with E-state index in [9.17, 15) is 9.90 Å². The number of carbonyl (C=O) groups is 1. The van der Waals surface area contributed by atoms with Crippen LogP contribution in [0.4, 0.5) is 0 Å². The third-order valence-corrected chi connectivity index (χ3v) is 5.12. The van der Waals surface area contributed by atoms with Crippen LogP contribution in [0.1, 0.15) is 37.5 Å². The molecule has 0 saturated carbocycles. The first kappa shape index (κ1) is 20.0. The quantitative estimate of drug-likeness (QED) is 0.547. The highest BCUT2D eigenvalue weighted by atomic mass is 79.9. The second-order valence-electron chi connectivity index (χ2n) is 6.30. The van der Waals surface area contributed by atoms with Gasteiger partial charge in [0.05, 0.1) is 0 Å². The van der Waals surface area contributed by atoms with E-state index < -0.39 is 18.2 Å². The summed E-state index contributed by atoms with van der Waals surface area (Å²) in [7, 11) is 0. The Morgan fingerprint density at radius 3 is 2.04 bits per heavy atom. The van der Waals surface area contributed by atoms with E-state index in [1.165, 1.54) is 0 Å². The van der Waals surface area contributed by atoms with E-state index in [1.54, 1.807) is 11.8 Å². The lowest BCUT2D eigenvalue weighted by molar-refractivity contribution is -0.154. The predicted octanol–water partition coefficient (Wildman–Crippen LogP) is 5.78. The van der Waals surface area contributed by atoms with Crippen LogP contribution in [0.2, 0.25) is 0 Å². The van der Waals surface area contributed by atoms with E-state index in [1.807, 2.05) is 68.6 Å². The lowest BCUT2D eigenvalue weighted by Crippen LogP contribution is -2.28. The monoisotopic (exact) mass is 422 g/mol. The molecule has 0 fully saturated rings. The SMILES string of the molecule is CSc1ccc(C(O[C@@H](CC(C)C)C(=O)O)c2ccc(Br)cc2)cc1. The number of halogens is 1. The van der Waals surface area contributed by atoms with Gasteiger partial charge in [0.2, 0.25) is 0 Å². The molecule has 0 spiro atoms. The second kappa shape index (κ2) is 9.41. The van der Waals surface area contributed by atoms with E-state index in [0.29, 0.717) is 6.42 Å². The highest BCUT2D eigenvalue weighted by Gasteiger charge is 2.26. The smallest absolute Gasteiger partial charge is 0.332 e. The first-order chi connectivity index (χ1) is 11.9. The fraction of sp³-hybridized carbons (Fsp3) is 0.350. The van der Waals surface area contributed by atoms with Crippen molar-refractivity contribution in [2.45, 2.75) is 37.4 Å². The molecule has 134 valence electrons. The lowest BCUT2D eigenvalue weighted by Gasteiger charge is -2.24. The molecule has 0 heterocycles. The van der Waals surface area contributed by atoms with E-state index in [2.05, 4.69) is 15.9 Å². The summed E-state index contributed by atoms with van der Waals surface area (Å²) >= 11 is 5.11. The normalized spacial score (nSPS) is 13.6. The van der Waals surface area contributed by atoms with Crippen molar-refractivity contribution in [2.24, 2.45) is 5.92 Å². The molecule has 2 aromatic rings. The summed E-state index contributed by atoms with van der Waals surface area (Å²) in [5, 5.41) is 9.56. The maximum Gasteiger partial charge on any atom is 0.332 e. The van der Waals surface area contributed by atoms with Crippen LogP contribution in [0.3, 0.4) is 0 Å². The van der Waals surface area contributed by atoms with Gasteiger partial charge in [0.25, 0.3) is 0 Å². The standard InChI is InChI=1S/C20H23BrO3S/c1-13(2)12-18(20(22)23)24-19(14-4-8-16(21)9-5-14)15-6-10-17(25-3)11-7-15/h4-11,13,18-19H,12H2,1-3H3,(H,22,23)/t18-,19?/m0/s1. The summed E-state index contributed by atoms with van der Waals surface area (Å²) in [5.74, 6) is -0.679. The van der Waals surface area contributed by atoms with Gasteiger partial charge in [-0.2, -0.15) is 0 Å². The summed E-state index contributed by atoms with van der Waals surface area (Å²) < 4.78 is 7.06. The van der Waals surface area contributed by atoms with Crippen molar-refractivity contribution in [3.05, 3.63) is 64.1 Å². The van der Waals surface area contributed by atoms with Gasteiger partial charge >= 0.3 is 5.97 Å². The highest BCUT2D eigenvalue weighted by molar-refractivity contribution is 9.10. The number of hydrogen-bond donors (Lipinski definition) is 1. The average Bonchev–Trinajstić information content (AvgIpc) is 2.59. The molecule has 0 aliphatic heterocycles. The molecule has 0 aliphatic rings. The molecule has 5 heteroatoms. The van der Waals surface area contributed by atoms with E-state index >= 15 is 0 Å². The van der Waals surface area contributed by atoms with Crippen molar-refractivity contribution in [3.8, 4) is 0 Å². The van der Waals surface area contributed by atoms with Gasteiger partial charge in [0.15, 0.2) is 6.10 Å². The molecule has 0 aromatic heterocycles. The third kappa shape index (κ3) is 5.87. The Balaban J connectivity index is 2.36. The van der Waals surface area contributed by atoms with Crippen LogP contribution in [0.5, 0.6) is 0 Å². The van der Waals surface area contributed by atoms with Gasteiger partial charge in [0.1, 0.15) is 6.10 Å². The Morgan fingerprint density at radius 2 is 1.60 bits per heavy atom. The second-order valence-corrected chi connectivity index (χ2v) is 8.09. The molecule has 1 N–H and O–H groups in total. The molecule has 0 bridgehead atoms. The van der Waals surface area contributed by atoms with E-state index in [0.717, 1.165) is 20.5 Å². The highest BCUT2D eigenvalue weighted by Crippen LogP contribution is 2.31. The molecule has 25 heavy (non-hydrogen) atoms. The Morgan fingerprint density at radius 1 is 1.08 bits per heavy atom. The summed E-state index contributed by atoms with van der Waals surface area (Å²) in [6.07, 6.45) is 1.25. The van der Waals surface area contributed by atoms with Crippen LogP contribution >= 0.6 is 27.7 Å². The third-order valence-electron chi connectivity index (χ3n) is 3.85. The summed E-state index contributed by atoms with van der Waals surface area (Å²) in [4.78, 5) is 12.8. The van der Waals surface area contributed by atoms with Crippen molar-refractivity contribution in [1.29, 1.82) is 0 Å². The van der Waals surface area contributed by atoms with Crippen molar-refractivity contribution in [2.75, 3.05) is 6.26 Å². The fourth-order valence-corrected chi connectivity index (χ4v) is 3.25. The topological polar surface area (TPSA) is 46.5 Å². The van der Waals surface area contributed by atoms with Gasteiger partial charge in [-0.05, 0) is 54.0 Å². The number of carboxylic acid groups (broad SMARTS) is 1. The minimum atomic E-state index is -0.920. The maximum atomic E-state index is 11.7. The van der Waals surface area contributed by atoms with Crippen LogP contribution in [-0.2, 0) is 9.53 Å². The number of benzene rings is 2. The van der Waals surface area contributed by atoms with E-state index in [-0.39, 0.29) is 5.92 Å². The zero-order chi connectivity index (χ0) is 18.4. The molecular formula is C20H23BrO3S. The molecule has 2 atom stereocenters. The van der Waals surface area contributed by atoms with Crippen molar-refractivity contribution < 1.29 is 14.6 Å². The molecule has 2 aromatic carbocycles. The number of hydrogen-bond acceptors (Lipinski definition) is 3. The molecule has 0 amide bonds. The Hall–Kier alpha value is -1.30. The number of carboxylic acids is 1. The summed E-state index contributed by atoms with van der Waals surface area (Å²) in [5.41, 5.74) is 1.89. The molecule has 0 aliphatic carbocycles. The maximum absolute atomic E-state index is 11.7. The van der Waals surface area contributed by atoms with Gasteiger partial charge < -0.3 is 9.84 Å². The largest absolute Gasteiger partial charge is 0.479 e. The van der Waals surface area contributed by atoms with Crippen molar-refractivity contribution in [1.82, 2.24) is 0 Å². The summed E-state index contributed by atoms with van der Waals surface area (Å²) in [6.45, 7) is 4.00. The van der Waals surface area contributed by atoms with Crippen molar-refractivity contribution >= 4 is 33.7 Å². The fourth-order valence-electron chi connectivity index (χ4n) is 2.57. The van der Waals surface area contributed by atoms with Gasteiger partial charge in [-0.3, -0.25) is 0 Å². The Bertz CT molecular complexity index is 683. The number of aliphatic carboxylic acids is 1.